The van der Waals surface area contributed by atoms with Crippen molar-refractivity contribution in [3.8, 4) is 0 Å². The van der Waals surface area contributed by atoms with E-state index in [1.54, 1.807) is 0 Å². The van der Waals surface area contributed by atoms with E-state index in [0.29, 0.717) is 12.0 Å². The third-order valence-electron chi connectivity index (χ3n) is 2.87. The first-order chi connectivity index (χ1) is 5.38. The van der Waals surface area contributed by atoms with Gasteiger partial charge in [0.25, 0.3) is 0 Å². The lowest BCUT2D eigenvalue weighted by Gasteiger charge is -2.27. The lowest BCUT2D eigenvalue weighted by molar-refractivity contribution is 0.0931. The molecule has 0 radical (unpaired) electrons. The fraction of sp³-hybridized carbons (Fsp3) is 1.00. The second-order valence-corrected chi connectivity index (χ2v) is 3.88. The molecule has 2 fully saturated rings. The van der Waals surface area contributed by atoms with Gasteiger partial charge >= 0.3 is 0 Å². The van der Waals surface area contributed by atoms with Crippen LogP contribution in [0.25, 0.3) is 0 Å². The largest absolute Gasteiger partial charge is 0.391 e. The number of nitrogens with one attached hydrogen (secondary N) is 1. The zero-order valence-electron chi connectivity index (χ0n) is 6.92. The topological polar surface area (TPSA) is 32.3 Å². The Morgan fingerprint density at radius 3 is 2.55 bits per heavy atom. The van der Waals surface area contributed by atoms with Gasteiger partial charge in [0.15, 0.2) is 0 Å². The molecule has 2 rings (SSSR count). The van der Waals surface area contributed by atoms with Gasteiger partial charge in [0.1, 0.15) is 0 Å². The molecule has 1 aliphatic heterocycles. The Balaban J connectivity index is 1.81. The molecule has 1 saturated carbocycles. The summed E-state index contributed by atoms with van der Waals surface area (Å²) >= 11 is 0. The zero-order valence-corrected chi connectivity index (χ0v) is 6.92. The van der Waals surface area contributed by atoms with Crippen LogP contribution in [0.2, 0.25) is 0 Å². The second kappa shape index (κ2) is 3.11. The van der Waals surface area contributed by atoms with Gasteiger partial charge in [0.05, 0.1) is 6.10 Å². The minimum absolute atomic E-state index is 0.0460. The van der Waals surface area contributed by atoms with Gasteiger partial charge in [-0.25, -0.2) is 0 Å². The van der Waals surface area contributed by atoms with Crippen molar-refractivity contribution in [2.24, 2.45) is 5.92 Å². The molecule has 2 atom stereocenters. The van der Waals surface area contributed by atoms with Gasteiger partial charge in [-0.15, -0.1) is 0 Å². The van der Waals surface area contributed by atoms with Gasteiger partial charge in [-0.1, -0.05) is 6.42 Å². The average molecular weight is 155 g/mol. The van der Waals surface area contributed by atoms with Crippen LogP contribution in [-0.2, 0) is 0 Å². The Morgan fingerprint density at radius 1 is 1.18 bits per heavy atom. The molecule has 11 heavy (non-hydrogen) atoms. The van der Waals surface area contributed by atoms with Gasteiger partial charge in [0, 0.05) is 6.04 Å². The van der Waals surface area contributed by atoms with Crippen LogP contribution in [0.3, 0.4) is 0 Å². The van der Waals surface area contributed by atoms with Crippen LogP contribution >= 0.6 is 0 Å². The summed E-state index contributed by atoms with van der Waals surface area (Å²) in [5, 5.41) is 13.1. The van der Waals surface area contributed by atoms with E-state index in [2.05, 4.69) is 5.32 Å². The summed E-state index contributed by atoms with van der Waals surface area (Å²) in [5.41, 5.74) is 0. The van der Waals surface area contributed by atoms with Gasteiger partial charge in [-0.3, -0.25) is 0 Å². The molecule has 0 bridgehead atoms. The summed E-state index contributed by atoms with van der Waals surface area (Å²) in [6.45, 7) is 1.11. The molecule has 2 N–H and O–H groups in total. The number of hydrogen-bond donors (Lipinski definition) is 2. The Hall–Kier alpha value is -0.0800. The monoisotopic (exact) mass is 155 g/mol. The molecule has 1 aliphatic carbocycles. The van der Waals surface area contributed by atoms with E-state index in [1.807, 2.05) is 0 Å². The highest BCUT2D eigenvalue weighted by Crippen LogP contribution is 2.35. The Labute approximate surface area is 68.0 Å². The molecule has 0 aromatic carbocycles. The maximum atomic E-state index is 9.75. The summed E-state index contributed by atoms with van der Waals surface area (Å²) in [6, 6.07) is 0.413. The van der Waals surface area contributed by atoms with Crippen molar-refractivity contribution in [1.29, 1.82) is 0 Å². The average Bonchev–Trinajstić information content (AvgIpc) is 2.87. The third kappa shape index (κ3) is 1.74. The molecule has 0 amide bonds. The van der Waals surface area contributed by atoms with Crippen molar-refractivity contribution in [1.82, 2.24) is 5.32 Å². The van der Waals surface area contributed by atoms with Gasteiger partial charge < -0.3 is 10.4 Å². The van der Waals surface area contributed by atoms with Crippen LogP contribution in [0.5, 0.6) is 0 Å². The molecule has 64 valence electrons. The van der Waals surface area contributed by atoms with E-state index in [9.17, 15) is 5.11 Å². The Bertz CT molecular complexity index is 128. The smallest absolute Gasteiger partial charge is 0.0721 e. The summed E-state index contributed by atoms with van der Waals surface area (Å²) in [7, 11) is 0. The highest BCUT2D eigenvalue weighted by molar-refractivity contribution is 4.90. The van der Waals surface area contributed by atoms with Crippen LogP contribution in [0, 0.1) is 5.92 Å². The molecule has 1 saturated heterocycles. The first kappa shape index (κ1) is 7.56. The Morgan fingerprint density at radius 2 is 2.00 bits per heavy atom. The van der Waals surface area contributed by atoms with Crippen LogP contribution in [0.1, 0.15) is 32.1 Å². The summed E-state index contributed by atoms with van der Waals surface area (Å²) in [6.07, 6.45) is 6.21. The molecule has 0 aromatic heterocycles. The van der Waals surface area contributed by atoms with Crippen molar-refractivity contribution >= 4 is 0 Å². The lowest BCUT2D eigenvalue weighted by Crippen LogP contribution is -2.44. The number of aliphatic hydroxyl groups excluding tert-OH is 1. The third-order valence-corrected chi connectivity index (χ3v) is 2.87. The fourth-order valence-corrected chi connectivity index (χ4v) is 1.94. The first-order valence-electron chi connectivity index (χ1n) is 4.79. The van der Waals surface area contributed by atoms with Gasteiger partial charge in [-0.2, -0.15) is 0 Å². The van der Waals surface area contributed by atoms with E-state index < -0.39 is 0 Å². The number of aliphatic hydroxyl groups is 1. The summed E-state index contributed by atoms with van der Waals surface area (Å²) in [4.78, 5) is 0. The van der Waals surface area contributed by atoms with Crippen molar-refractivity contribution < 1.29 is 5.11 Å². The molecular formula is C9H17NO. The zero-order chi connectivity index (χ0) is 7.68. The first-order valence-corrected chi connectivity index (χ1v) is 4.79. The minimum atomic E-state index is -0.0460. The molecule has 2 unspecified atom stereocenters. The van der Waals surface area contributed by atoms with E-state index in [-0.39, 0.29) is 6.10 Å². The van der Waals surface area contributed by atoms with Gasteiger partial charge in [0.2, 0.25) is 0 Å². The second-order valence-electron chi connectivity index (χ2n) is 3.88. The van der Waals surface area contributed by atoms with Gasteiger partial charge in [-0.05, 0) is 38.1 Å². The molecule has 0 aromatic rings. The number of piperidine rings is 1. The van der Waals surface area contributed by atoms with Crippen molar-refractivity contribution in [2.45, 2.75) is 44.2 Å². The van der Waals surface area contributed by atoms with Crippen molar-refractivity contribution in [3.63, 3.8) is 0 Å². The lowest BCUT2D eigenvalue weighted by atomic mass is 9.97. The molecule has 1 heterocycles. The SMILES string of the molecule is OC(C1CC1)C1CCCCN1. The summed E-state index contributed by atoms with van der Waals surface area (Å²) in [5.74, 6) is 0.630. The van der Waals surface area contributed by atoms with E-state index >= 15 is 0 Å². The molecular weight excluding hydrogens is 138 g/mol. The van der Waals surface area contributed by atoms with E-state index in [1.165, 1.54) is 32.1 Å². The maximum absolute atomic E-state index is 9.75. The molecule has 0 spiro atoms. The van der Waals surface area contributed by atoms with E-state index in [4.69, 9.17) is 0 Å². The normalized spacial score (nSPS) is 35.2. The number of hydrogen-bond acceptors (Lipinski definition) is 2. The maximum Gasteiger partial charge on any atom is 0.0721 e. The van der Waals surface area contributed by atoms with Crippen LogP contribution in [0.15, 0.2) is 0 Å². The van der Waals surface area contributed by atoms with Crippen molar-refractivity contribution in [2.75, 3.05) is 6.54 Å². The van der Waals surface area contributed by atoms with Crippen molar-refractivity contribution in [3.05, 3.63) is 0 Å². The van der Waals surface area contributed by atoms with Crippen LogP contribution in [0.4, 0.5) is 0 Å². The minimum Gasteiger partial charge on any atom is -0.391 e. The number of rotatable bonds is 2. The van der Waals surface area contributed by atoms with E-state index in [0.717, 1.165) is 6.54 Å². The van der Waals surface area contributed by atoms with Crippen LogP contribution < -0.4 is 5.32 Å². The molecule has 2 aliphatic rings. The predicted octanol–water partition coefficient (Wildman–Crippen LogP) is 0.899. The predicted molar refractivity (Wildman–Crippen MR) is 44.4 cm³/mol. The summed E-state index contributed by atoms with van der Waals surface area (Å²) < 4.78 is 0. The quantitative estimate of drug-likeness (QED) is 0.621. The molecule has 2 nitrogen and oxygen atoms in total. The standard InChI is InChI=1S/C9H17NO/c11-9(7-4-5-7)8-3-1-2-6-10-8/h7-11H,1-6H2. The molecule has 2 heteroatoms. The van der Waals surface area contributed by atoms with Crippen LogP contribution in [-0.4, -0.2) is 23.8 Å². The Kier molecular flexibility index (Phi) is 2.14. The highest BCUT2D eigenvalue weighted by atomic mass is 16.3. The fourth-order valence-electron chi connectivity index (χ4n) is 1.94. The highest BCUT2D eigenvalue weighted by Gasteiger charge is 2.35.